The van der Waals surface area contributed by atoms with E-state index in [1.54, 1.807) is 6.08 Å². The Kier molecular flexibility index (Phi) is 3.41. The van der Waals surface area contributed by atoms with Crippen LogP contribution in [0.1, 0.15) is 47.0 Å². The van der Waals surface area contributed by atoms with Gasteiger partial charge in [0.15, 0.2) is 0 Å². The molecule has 0 fully saturated rings. The fourth-order valence-electron chi connectivity index (χ4n) is 2.37. The molecule has 80 valence electrons. The van der Waals surface area contributed by atoms with Gasteiger partial charge >= 0.3 is 0 Å². The minimum absolute atomic E-state index is 0.329. The first-order valence-electron chi connectivity index (χ1n) is 5.48. The Balaban J connectivity index is 2.81. The van der Waals surface area contributed by atoms with Gasteiger partial charge < -0.3 is 5.11 Å². The van der Waals surface area contributed by atoms with E-state index in [1.165, 1.54) is 18.4 Å². The Morgan fingerprint density at radius 3 is 2.79 bits per heavy atom. The predicted octanol–water partition coefficient (Wildman–Crippen LogP) is 4.22. The fraction of sp³-hybridized carbons (Fsp3) is 0.692. The lowest BCUT2D eigenvalue weighted by Crippen LogP contribution is -2.28. The number of hydrogen-bond acceptors (Lipinski definition) is 1. The van der Waals surface area contributed by atoms with Crippen LogP contribution in [-0.4, -0.2) is 5.11 Å². The van der Waals surface area contributed by atoms with Crippen LogP contribution in [0, 0.1) is 11.3 Å². The number of hydrogen-bond donors (Lipinski definition) is 1. The molecule has 1 aliphatic carbocycles. The smallest absolute Gasteiger partial charge is 0.0886 e. The molecule has 1 unspecified atom stereocenters. The number of rotatable bonds is 2. The molecule has 1 atom stereocenters. The third-order valence-electron chi connectivity index (χ3n) is 3.49. The third-order valence-corrected chi connectivity index (χ3v) is 3.49. The molecule has 0 bridgehead atoms. The number of aliphatic hydroxyl groups excluding tert-OH is 1. The van der Waals surface area contributed by atoms with Gasteiger partial charge in [0.2, 0.25) is 0 Å². The van der Waals surface area contributed by atoms with Crippen LogP contribution in [0.3, 0.4) is 0 Å². The summed E-state index contributed by atoms with van der Waals surface area (Å²) in [6.07, 6.45) is 7.33. The van der Waals surface area contributed by atoms with Crippen molar-refractivity contribution in [3.05, 3.63) is 23.5 Å². The molecule has 1 N–H and O–H groups in total. The summed E-state index contributed by atoms with van der Waals surface area (Å²) >= 11 is 0. The van der Waals surface area contributed by atoms with Crippen LogP contribution >= 0.6 is 0 Å². The van der Waals surface area contributed by atoms with Crippen molar-refractivity contribution in [1.82, 2.24) is 0 Å². The molecule has 1 aliphatic rings. The normalized spacial score (nSPS) is 27.3. The Bertz CT molecular complexity index is 258. The molecule has 0 heterocycles. The van der Waals surface area contributed by atoms with Crippen molar-refractivity contribution >= 4 is 0 Å². The highest BCUT2D eigenvalue weighted by atomic mass is 16.3. The summed E-state index contributed by atoms with van der Waals surface area (Å²) in [4.78, 5) is 0. The van der Waals surface area contributed by atoms with Gasteiger partial charge in [0.05, 0.1) is 5.76 Å². The van der Waals surface area contributed by atoms with Gasteiger partial charge in [0.1, 0.15) is 0 Å². The van der Waals surface area contributed by atoms with Gasteiger partial charge in [-0.1, -0.05) is 25.5 Å². The molecule has 0 aromatic rings. The molecule has 0 saturated heterocycles. The van der Waals surface area contributed by atoms with E-state index in [2.05, 4.69) is 26.8 Å². The molecule has 0 saturated carbocycles. The minimum Gasteiger partial charge on any atom is -0.513 e. The lowest BCUT2D eigenvalue weighted by atomic mass is 9.67. The van der Waals surface area contributed by atoms with Gasteiger partial charge in [0, 0.05) is 6.42 Å². The van der Waals surface area contributed by atoms with Crippen LogP contribution in [0.5, 0.6) is 0 Å². The lowest BCUT2D eigenvalue weighted by molar-refractivity contribution is 0.194. The fourth-order valence-corrected chi connectivity index (χ4v) is 2.37. The number of aliphatic hydroxyl groups is 1. The molecule has 14 heavy (non-hydrogen) atoms. The molecule has 0 aromatic carbocycles. The first kappa shape index (κ1) is 11.4. The van der Waals surface area contributed by atoms with Crippen molar-refractivity contribution in [2.45, 2.75) is 47.0 Å². The van der Waals surface area contributed by atoms with Crippen LogP contribution in [0.4, 0.5) is 0 Å². The maximum atomic E-state index is 9.59. The molecule has 1 rings (SSSR count). The second-order valence-corrected chi connectivity index (χ2v) is 5.01. The lowest BCUT2D eigenvalue weighted by Gasteiger charge is -2.38. The van der Waals surface area contributed by atoms with Crippen molar-refractivity contribution in [2.24, 2.45) is 11.3 Å². The molecular weight excluding hydrogens is 172 g/mol. The van der Waals surface area contributed by atoms with Gasteiger partial charge in [-0.25, -0.2) is 0 Å². The van der Waals surface area contributed by atoms with Crippen LogP contribution in [0.15, 0.2) is 23.5 Å². The van der Waals surface area contributed by atoms with E-state index in [4.69, 9.17) is 0 Å². The summed E-state index contributed by atoms with van der Waals surface area (Å²) in [6, 6.07) is 0. The van der Waals surface area contributed by atoms with Crippen molar-refractivity contribution < 1.29 is 5.11 Å². The monoisotopic (exact) mass is 194 g/mol. The maximum absolute atomic E-state index is 9.59. The second kappa shape index (κ2) is 4.20. The summed E-state index contributed by atoms with van der Waals surface area (Å²) in [7, 11) is 0. The molecular formula is C13H22O. The summed E-state index contributed by atoms with van der Waals surface area (Å²) in [5.74, 6) is 1.03. The average Bonchev–Trinajstić information content (AvgIpc) is 2.11. The molecule has 0 aliphatic heterocycles. The Morgan fingerprint density at radius 2 is 2.29 bits per heavy atom. The Morgan fingerprint density at radius 1 is 1.64 bits per heavy atom. The zero-order valence-electron chi connectivity index (χ0n) is 9.80. The van der Waals surface area contributed by atoms with Gasteiger partial charge in [-0.3, -0.25) is 0 Å². The van der Waals surface area contributed by atoms with Crippen molar-refractivity contribution in [1.29, 1.82) is 0 Å². The van der Waals surface area contributed by atoms with Crippen molar-refractivity contribution in [2.75, 3.05) is 0 Å². The van der Waals surface area contributed by atoms with Gasteiger partial charge in [-0.05, 0) is 44.1 Å². The standard InChI is InChI=1S/C13H22O/c1-5-11(14)9-12-10(2)7-6-8-13(12,3)4/h5,7,12,14H,6,8-9H2,1-4H3. The summed E-state index contributed by atoms with van der Waals surface area (Å²) < 4.78 is 0. The molecule has 1 heteroatoms. The van der Waals surface area contributed by atoms with E-state index in [-0.39, 0.29) is 0 Å². The molecule has 0 amide bonds. The topological polar surface area (TPSA) is 20.2 Å². The van der Waals surface area contributed by atoms with E-state index in [0.717, 1.165) is 6.42 Å². The van der Waals surface area contributed by atoms with Crippen LogP contribution < -0.4 is 0 Å². The van der Waals surface area contributed by atoms with Crippen LogP contribution in [0.25, 0.3) is 0 Å². The third kappa shape index (κ3) is 2.40. The van der Waals surface area contributed by atoms with Gasteiger partial charge in [-0.2, -0.15) is 0 Å². The molecule has 0 spiro atoms. The van der Waals surface area contributed by atoms with E-state index in [0.29, 0.717) is 17.1 Å². The SMILES string of the molecule is CC=C(O)CC1C(C)=CCCC1(C)C. The summed E-state index contributed by atoms with van der Waals surface area (Å²) in [6.45, 7) is 8.69. The Labute approximate surface area is 87.5 Å². The highest BCUT2D eigenvalue weighted by Gasteiger charge is 2.32. The van der Waals surface area contributed by atoms with E-state index >= 15 is 0 Å². The second-order valence-electron chi connectivity index (χ2n) is 5.01. The van der Waals surface area contributed by atoms with E-state index < -0.39 is 0 Å². The summed E-state index contributed by atoms with van der Waals surface area (Å²) in [5.41, 5.74) is 1.77. The van der Waals surface area contributed by atoms with Crippen molar-refractivity contribution in [3.8, 4) is 0 Å². The maximum Gasteiger partial charge on any atom is 0.0886 e. The summed E-state index contributed by atoms with van der Waals surface area (Å²) in [5, 5.41) is 9.59. The number of allylic oxidation sites excluding steroid dienone is 4. The van der Waals surface area contributed by atoms with Gasteiger partial charge in [-0.15, -0.1) is 0 Å². The van der Waals surface area contributed by atoms with Gasteiger partial charge in [0.25, 0.3) is 0 Å². The largest absolute Gasteiger partial charge is 0.513 e. The average molecular weight is 194 g/mol. The molecule has 0 aromatic heterocycles. The predicted molar refractivity (Wildman–Crippen MR) is 61.3 cm³/mol. The minimum atomic E-state index is 0.329. The first-order valence-corrected chi connectivity index (χ1v) is 5.48. The van der Waals surface area contributed by atoms with Crippen LogP contribution in [0.2, 0.25) is 0 Å². The van der Waals surface area contributed by atoms with Crippen LogP contribution in [-0.2, 0) is 0 Å². The van der Waals surface area contributed by atoms with E-state index in [9.17, 15) is 5.11 Å². The Hall–Kier alpha value is -0.720. The molecule has 1 nitrogen and oxygen atoms in total. The van der Waals surface area contributed by atoms with E-state index in [1.807, 2.05) is 6.92 Å². The highest BCUT2D eigenvalue weighted by molar-refractivity contribution is 5.14. The highest BCUT2D eigenvalue weighted by Crippen LogP contribution is 2.43. The quantitative estimate of drug-likeness (QED) is 0.515. The first-order chi connectivity index (χ1) is 6.47. The van der Waals surface area contributed by atoms with Crippen molar-refractivity contribution in [3.63, 3.8) is 0 Å². The molecule has 0 radical (unpaired) electrons. The zero-order chi connectivity index (χ0) is 10.8. The zero-order valence-corrected chi connectivity index (χ0v) is 9.80.